The van der Waals surface area contributed by atoms with E-state index in [4.69, 9.17) is 9.47 Å². The Morgan fingerprint density at radius 2 is 2.09 bits per heavy atom. The van der Waals surface area contributed by atoms with E-state index < -0.39 is 0 Å². The summed E-state index contributed by atoms with van der Waals surface area (Å²) in [5.74, 6) is 0.867. The second-order valence-electron chi connectivity index (χ2n) is 5.96. The Labute approximate surface area is 133 Å². The maximum atomic E-state index is 10.3. The highest BCUT2D eigenvalue weighted by molar-refractivity contribution is 5.30. The lowest BCUT2D eigenvalue weighted by molar-refractivity contribution is 0.00626. The van der Waals surface area contributed by atoms with Crippen molar-refractivity contribution in [3.63, 3.8) is 0 Å². The zero-order valence-corrected chi connectivity index (χ0v) is 13.9. The van der Waals surface area contributed by atoms with Gasteiger partial charge in [0.1, 0.15) is 5.75 Å². The minimum atomic E-state index is -0.351. The smallest absolute Gasteiger partial charge is 0.119 e. The number of aliphatic hydroxyl groups is 1. The van der Waals surface area contributed by atoms with Gasteiger partial charge in [-0.15, -0.1) is 0 Å². The van der Waals surface area contributed by atoms with Crippen molar-refractivity contribution < 1.29 is 14.6 Å². The first kappa shape index (κ1) is 17.2. The number of hydrogen-bond donors (Lipinski definition) is 1. The van der Waals surface area contributed by atoms with Gasteiger partial charge in [-0.25, -0.2) is 0 Å². The molecule has 5 nitrogen and oxygen atoms in total. The Morgan fingerprint density at radius 1 is 1.36 bits per heavy atom. The van der Waals surface area contributed by atoms with Crippen LogP contribution >= 0.6 is 0 Å². The second-order valence-corrected chi connectivity index (χ2v) is 5.96. The molecule has 0 aromatic heterocycles. The van der Waals surface area contributed by atoms with Crippen molar-refractivity contribution in [3.05, 3.63) is 29.8 Å². The average Bonchev–Trinajstić information content (AvgIpc) is 2.55. The number of likely N-dealkylation sites (N-methyl/N-ethyl adjacent to an activating group) is 1. The predicted octanol–water partition coefficient (Wildman–Crippen LogP) is 1.38. The van der Waals surface area contributed by atoms with Crippen LogP contribution in [0.5, 0.6) is 5.75 Å². The van der Waals surface area contributed by atoms with Gasteiger partial charge in [-0.05, 0) is 31.7 Å². The van der Waals surface area contributed by atoms with E-state index in [1.165, 1.54) is 5.56 Å². The predicted molar refractivity (Wildman–Crippen MR) is 87.3 cm³/mol. The summed E-state index contributed by atoms with van der Waals surface area (Å²) >= 11 is 0. The number of benzene rings is 1. The molecule has 0 radical (unpaired) electrons. The van der Waals surface area contributed by atoms with E-state index in [1.807, 2.05) is 19.2 Å². The highest BCUT2D eigenvalue weighted by atomic mass is 16.5. The Kier molecular flexibility index (Phi) is 6.64. The molecule has 1 saturated heterocycles. The fourth-order valence-electron chi connectivity index (χ4n) is 2.79. The highest BCUT2D eigenvalue weighted by Crippen LogP contribution is 2.23. The van der Waals surface area contributed by atoms with Crippen LogP contribution in [0.1, 0.15) is 18.5 Å². The van der Waals surface area contributed by atoms with E-state index >= 15 is 0 Å². The number of methoxy groups -OCH3 is 1. The van der Waals surface area contributed by atoms with Crippen molar-refractivity contribution in [3.8, 4) is 5.75 Å². The largest absolute Gasteiger partial charge is 0.497 e. The van der Waals surface area contributed by atoms with Gasteiger partial charge in [0.05, 0.1) is 26.4 Å². The normalized spacial score (nSPS) is 19.1. The second kappa shape index (κ2) is 8.48. The van der Waals surface area contributed by atoms with Crippen LogP contribution in [0, 0.1) is 0 Å². The zero-order chi connectivity index (χ0) is 15.9. The van der Waals surface area contributed by atoms with Crippen molar-refractivity contribution in [2.45, 2.75) is 19.1 Å². The number of rotatable bonds is 7. The first-order valence-corrected chi connectivity index (χ1v) is 7.92. The van der Waals surface area contributed by atoms with E-state index in [-0.39, 0.29) is 12.1 Å². The molecule has 1 aromatic rings. The summed E-state index contributed by atoms with van der Waals surface area (Å²) in [7, 11) is 3.73. The van der Waals surface area contributed by atoms with Crippen molar-refractivity contribution in [2.24, 2.45) is 0 Å². The average molecular weight is 308 g/mol. The third-order valence-electron chi connectivity index (χ3n) is 4.31. The van der Waals surface area contributed by atoms with E-state index in [0.29, 0.717) is 13.1 Å². The fourth-order valence-corrected chi connectivity index (χ4v) is 2.79. The van der Waals surface area contributed by atoms with Crippen LogP contribution in [0.2, 0.25) is 0 Å². The van der Waals surface area contributed by atoms with Gasteiger partial charge >= 0.3 is 0 Å². The molecule has 2 unspecified atom stereocenters. The third-order valence-corrected chi connectivity index (χ3v) is 4.31. The van der Waals surface area contributed by atoms with E-state index in [0.717, 1.165) is 32.1 Å². The van der Waals surface area contributed by atoms with Gasteiger partial charge in [-0.3, -0.25) is 9.80 Å². The van der Waals surface area contributed by atoms with Crippen molar-refractivity contribution in [2.75, 3.05) is 53.6 Å². The molecule has 0 aliphatic carbocycles. The van der Waals surface area contributed by atoms with E-state index in [9.17, 15) is 5.11 Å². The molecule has 0 amide bonds. The Bertz CT molecular complexity index is 449. The summed E-state index contributed by atoms with van der Waals surface area (Å²) in [4.78, 5) is 4.44. The lowest BCUT2D eigenvalue weighted by Gasteiger charge is -2.32. The number of ether oxygens (including phenoxy) is 2. The van der Waals surface area contributed by atoms with Crippen molar-refractivity contribution in [1.82, 2.24) is 9.80 Å². The SMILES string of the molecule is COc1cccc(C(C)N(C)CC(O)CN2CCOCC2)c1. The van der Waals surface area contributed by atoms with Gasteiger partial charge in [-0.1, -0.05) is 12.1 Å². The highest BCUT2D eigenvalue weighted by Gasteiger charge is 2.19. The van der Waals surface area contributed by atoms with Crippen LogP contribution in [-0.2, 0) is 4.74 Å². The van der Waals surface area contributed by atoms with Gasteiger partial charge in [0.15, 0.2) is 0 Å². The molecule has 1 aliphatic heterocycles. The van der Waals surface area contributed by atoms with E-state index in [2.05, 4.69) is 28.9 Å². The molecule has 0 spiro atoms. The van der Waals surface area contributed by atoms with Crippen LogP contribution in [0.15, 0.2) is 24.3 Å². The summed E-state index contributed by atoms with van der Waals surface area (Å²) < 4.78 is 10.6. The molecule has 2 rings (SSSR count). The first-order chi connectivity index (χ1) is 10.6. The lowest BCUT2D eigenvalue weighted by atomic mass is 10.1. The summed E-state index contributed by atoms with van der Waals surface area (Å²) in [5.41, 5.74) is 1.19. The Morgan fingerprint density at radius 3 is 2.77 bits per heavy atom. The molecule has 1 aromatic carbocycles. The van der Waals surface area contributed by atoms with Crippen LogP contribution in [-0.4, -0.2) is 74.6 Å². The first-order valence-electron chi connectivity index (χ1n) is 7.92. The molecule has 0 saturated carbocycles. The maximum Gasteiger partial charge on any atom is 0.119 e. The molecule has 0 bridgehead atoms. The summed E-state index contributed by atoms with van der Waals surface area (Å²) in [5, 5.41) is 10.3. The van der Waals surface area contributed by atoms with Gasteiger partial charge in [0.25, 0.3) is 0 Å². The Hall–Kier alpha value is -1.14. The molecular weight excluding hydrogens is 280 g/mol. The number of nitrogens with zero attached hydrogens (tertiary/aromatic N) is 2. The monoisotopic (exact) mass is 308 g/mol. The molecule has 22 heavy (non-hydrogen) atoms. The molecular formula is C17H28N2O3. The van der Waals surface area contributed by atoms with Crippen LogP contribution in [0.3, 0.4) is 0 Å². The number of aliphatic hydroxyl groups excluding tert-OH is 1. The fraction of sp³-hybridized carbons (Fsp3) is 0.647. The molecule has 1 N–H and O–H groups in total. The van der Waals surface area contributed by atoms with E-state index in [1.54, 1.807) is 7.11 Å². The minimum Gasteiger partial charge on any atom is -0.497 e. The number of morpholine rings is 1. The molecule has 1 aliphatic rings. The summed E-state index contributed by atoms with van der Waals surface area (Å²) in [6, 6.07) is 8.33. The number of hydrogen-bond acceptors (Lipinski definition) is 5. The number of β-amino-alcohol motifs (C(OH)–C–C–N with tert-alkyl or cyclic N) is 1. The topological polar surface area (TPSA) is 45.2 Å². The van der Waals surface area contributed by atoms with Crippen molar-refractivity contribution >= 4 is 0 Å². The summed E-state index contributed by atoms with van der Waals surface area (Å²) in [6.45, 7) is 6.86. The molecule has 5 heteroatoms. The van der Waals surface area contributed by atoms with Gasteiger partial charge in [-0.2, -0.15) is 0 Å². The molecule has 1 fully saturated rings. The molecule has 2 atom stereocenters. The van der Waals surface area contributed by atoms with Crippen LogP contribution in [0.25, 0.3) is 0 Å². The van der Waals surface area contributed by atoms with Gasteiger partial charge in [0, 0.05) is 32.2 Å². The molecule has 124 valence electrons. The lowest BCUT2D eigenvalue weighted by Crippen LogP contribution is -2.44. The standard InChI is InChI=1S/C17H28N2O3/c1-14(15-5-4-6-17(11-15)21-3)18(2)12-16(20)13-19-7-9-22-10-8-19/h4-6,11,14,16,20H,7-10,12-13H2,1-3H3. The maximum absolute atomic E-state index is 10.3. The summed E-state index contributed by atoms with van der Waals surface area (Å²) in [6.07, 6.45) is -0.351. The van der Waals surface area contributed by atoms with Crippen LogP contribution in [0.4, 0.5) is 0 Å². The quantitative estimate of drug-likeness (QED) is 0.824. The zero-order valence-electron chi connectivity index (χ0n) is 13.9. The van der Waals surface area contributed by atoms with Gasteiger partial charge in [0.2, 0.25) is 0 Å². The minimum absolute atomic E-state index is 0.231. The Balaban J connectivity index is 1.85. The molecule has 1 heterocycles. The van der Waals surface area contributed by atoms with Gasteiger partial charge < -0.3 is 14.6 Å². The third kappa shape index (κ3) is 4.95. The van der Waals surface area contributed by atoms with Crippen LogP contribution < -0.4 is 4.74 Å². The van der Waals surface area contributed by atoms with Crippen molar-refractivity contribution in [1.29, 1.82) is 0 Å².